The normalized spacial score (nSPS) is 16.7. The number of morpholine rings is 1. The van der Waals surface area contributed by atoms with Gasteiger partial charge in [0.2, 0.25) is 0 Å². The summed E-state index contributed by atoms with van der Waals surface area (Å²) in [6.07, 6.45) is 3.81. The Kier molecular flexibility index (Phi) is 6.83. The predicted molar refractivity (Wildman–Crippen MR) is 155 cm³/mol. The maximum Gasteiger partial charge on any atom is 0.254 e. The average Bonchev–Trinajstić information content (AvgIpc) is 3.37. The molecule has 0 radical (unpaired) electrons. The van der Waals surface area contributed by atoms with Gasteiger partial charge in [-0.2, -0.15) is 0 Å². The molecule has 8 nitrogen and oxygen atoms in total. The number of carbonyl (C=O) groups is 1. The van der Waals surface area contributed by atoms with Crippen LogP contribution >= 0.6 is 0 Å². The van der Waals surface area contributed by atoms with E-state index in [1.807, 2.05) is 36.4 Å². The molecule has 2 aromatic carbocycles. The molecule has 1 amide bonds. The van der Waals surface area contributed by atoms with E-state index < -0.39 is 0 Å². The van der Waals surface area contributed by atoms with E-state index in [0.717, 1.165) is 70.9 Å². The van der Waals surface area contributed by atoms with Crippen molar-refractivity contribution in [3.05, 3.63) is 65.0 Å². The SMILES string of the molecule is Cc1cc(-c2c[nH]c3ncc(-c4cc(C)c(N5CCN(C)CC5)c(C)c4)nc23)ccc1C(=O)N1CCOCC1. The van der Waals surface area contributed by atoms with Crippen LogP contribution in [0.3, 0.4) is 0 Å². The Morgan fingerprint density at radius 2 is 1.59 bits per heavy atom. The number of fused-ring (bicyclic) bond motifs is 1. The minimum absolute atomic E-state index is 0.0640. The van der Waals surface area contributed by atoms with E-state index in [-0.39, 0.29) is 5.91 Å². The topological polar surface area (TPSA) is 77.6 Å². The molecule has 0 saturated carbocycles. The van der Waals surface area contributed by atoms with Gasteiger partial charge in [0.15, 0.2) is 5.65 Å². The summed E-state index contributed by atoms with van der Waals surface area (Å²) in [5, 5.41) is 0. The van der Waals surface area contributed by atoms with Crippen molar-refractivity contribution < 1.29 is 9.53 Å². The van der Waals surface area contributed by atoms with Crippen molar-refractivity contribution in [2.75, 3.05) is 64.4 Å². The molecular weight excluding hydrogens is 488 g/mol. The third kappa shape index (κ3) is 4.90. The van der Waals surface area contributed by atoms with Crippen LogP contribution in [0, 0.1) is 20.8 Å². The number of rotatable bonds is 4. The van der Waals surface area contributed by atoms with E-state index in [9.17, 15) is 4.79 Å². The van der Waals surface area contributed by atoms with Crippen molar-refractivity contribution in [1.29, 1.82) is 0 Å². The number of amides is 1. The van der Waals surface area contributed by atoms with Gasteiger partial charge in [0.25, 0.3) is 5.91 Å². The van der Waals surface area contributed by atoms with Gasteiger partial charge in [-0.05, 0) is 68.3 Å². The van der Waals surface area contributed by atoms with Crippen LogP contribution in [0.5, 0.6) is 0 Å². The van der Waals surface area contributed by atoms with Crippen LogP contribution in [0.1, 0.15) is 27.0 Å². The van der Waals surface area contributed by atoms with Gasteiger partial charge in [0.1, 0.15) is 5.52 Å². The summed E-state index contributed by atoms with van der Waals surface area (Å²) in [5.41, 5.74) is 11.1. The lowest BCUT2D eigenvalue weighted by atomic mass is 9.99. The maximum atomic E-state index is 13.1. The third-order valence-corrected chi connectivity index (χ3v) is 8.05. The van der Waals surface area contributed by atoms with Gasteiger partial charge < -0.3 is 24.4 Å². The number of aryl methyl sites for hydroxylation is 3. The Bertz CT molecular complexity index is 1510. The van der Waals surface area contributed by atoms with Gasteiger partial charge >= 0.3 is 0 Å². The summed E-state index contributed by atoms with van der Waals surface area (Å²) in [7, 11) is 2.19. The molecule has 0 unspecified atom stereocenters. The minimum Gasteiger partial charge on any atom is -0.378 e. The second-order valence-electron chi connectivity index (χ2n) is 10.8. The molecule has 0 aliphatic carbocycles. The van der Waals surface area contributed by atoms with Crippen LogP contribution in [0.2, 0.25) is 0 Å². The van der Waals surface area contributed by atoms with E-state index >= 15 is 0 Å². The van der Waals surface area contributed by atoms with Crippen molar-refractivity contribution in [2.24, 2.45) is 0 Å². The van der Waals surface area contributed by atoms with Gasteiger partial charge in [-0.3, -0.25) is 4.79 Å². The van der Waals surface area contributed by atoms with E-state index in [0.29, 0.717) is 26.3 Å². The molecule has 2 aromatic heterocycles. The molecule has 0 atom stereocenters. The molecule has 2 saturated heterocycles. The minimum atomic E-state index is 0.0640. The number of aromatic amines is 1. The van der Waals surface area contributed by atoms with E-state index in [1.165, 1.54) is 16.8 Å². The summed E-state index contributed by atoms with van der Waals surface area (Å²) >= 11 is 0. The molecular formula is C31H36N6O2. The summed E-state index contributed by atoms with van der Waals surface area (Å²) in [6.45, 7) is 13.1. The fraction of sp³-hybridized carbons (Fsp3) is 0.387. The first-order valence-corrected chi connectivity index (χ1v) is 13.8. The van der Waals surface area contributed by atoms with Gasteiger partial charge in [0.05, 0.1) is 25.1 Å². The molecule has 8 heteroatoms. The number of hydrogen-bond acceptors (Lipinski definition) is 6. The molecule has 2 fully saturated rings. The molecule has 0 spiro atoms. The number of likely N-dealkylation sites (N-methyl/N-ethyl adjacent to an activating group) is 1. The predicted octanol–water partition coefficient (Wildman–Crippen LogP) is 4.44. The third-order valence-electron chi connectivity index (χ3n) is 8.05. The molecule has 1 N–H and O–H groups in total. The molecule has 6 rings (SSSR count). The number of carbonyl (C=O) groups excluding carboxylic acids is 1. The number of anilines is 1. The van der Waals surface area contributed by atoms with Crippen LogP contribution in [0.15, 0.2) is 42.7 Å². The van der Waals surface area contributed by atoms with Crippen molar-refractivity contribution >= 4 is 22.8 Å². The lowest BCUT2D eigenvalue weighted by Gasteiger charge is -2.36. The van der Waals surface area contributed by atoms with Gasteiger partial charge in [-0.15, -0.1) is 0 Å². The van der Waals surface area contributed by atoms with Crippen molar-refractivity contribution in [1.82, 2.24) is 24.8 Å². The summed E-state index contributed by atoms with van der Waals surface area (Å²) in [5.74, 6) is 0.0640. The van der Waals surface area contributed by atoms with Crippen molar-refractivity contribution in [3.8, 4) is 22.4 Å². The first-order valence-electron chi connectivity index (χ1n) is 13.8. The highest BCUT2D eigenvalue weighted by Gasteiger charge is 2.22. The maximum absolute atomic E-state index is 13.1. The fourth-order valence-corrected chi connectivity index (χ4v) is 5.89. The Morgan fingerprint density at radius 1 is 0.897 bits per heavy atom. The number of piperazine rings is 1. The molecule has 202 valence electrons. The van der Waals surface area contributed by atoms with Crippen molar-refractivity contribution in [2.45, 2.75) is 20.8 Å². The van der Waals surface area contributed by atoms with Crippen LogP contribution in [0.4, 0.5) is 5.69 Å². The molecule has 4 aromatic rings. The smallest absolute Gasteiger partial charge is 0.254 e. The molecule has 0 bridgehead atoms. The summed E-state index contributed by atoms with van der Waals surface area (Å²) < 4.78 is 5.40. The quantitative estimate of drug-likeness (QED) is 0.425. The number of ether oxygens (including phenoxy) is 1. The zero-order valence-electron chi connectivity index (χ0n) is 23.3. The zero-order valence-corrected chi connectivity index (χ0v) is 23.3. The van der Waals surface area contributed by atoms with Gasteiger partial charge in [0, 0.05) is 67.8 Å². The van der Waals surface area contributed by atoms with E-state index in [2.05, 4.69) is 53.9 Å². The molecule has 39 heavy (non-hydrogen) atoms. The standard InChI is InChI=1S/C31H36N6O2/c1-20-15-23(5-6-25(20)31(38)37-11-13-39-14-12-37)26-18-32-30-28(26)34-27(19-33-30)24-16-21(2)29(22(3)17-24)36-9-7-35(4)8-10-36/h5-6,15-19H,7-14H2,1-4H3,(H,32,33). The molecule has 4 heterocycles. The highest BCUT2D eigenvalue weighted by Crippen LogP contribution is 2.33. The number of aromatic nitrogens is 3. The Balaban J connectivity index is 1.31. The number of hydrogen-bond donors (Lipinski definition) is 1. The van der Waals surface area contributed by atoms with Crippen LogP contribution in [0.25, 0.3) is 33.5 Å². The van der Waals surface area contributed by atoms with Gasteiger partial charge in [-0.1, -0.05) is 12.1 Å². The van der Waals surface area contributed by atoms with E-state index in [4.69, 9.17) is 14.7 Å². The monoisotopic (exact) mass is 524 g/mol. The molecule has 2 aliphatic rings. The lowest BCUT2D eigenvalue weighted by Crippen LogP contribution is -2.45. The Morgan fingerprint density at radius 3 is 2.28 bits per heavy atom. The molecule has 2 aliphatic heterocycles. The highest BCUT2D eigenvalue weighted by molar-refractivity contribution is 5.97. The summed E-state index contributed by atoms with van der Waals surface area (Å²) in [4.78, 5) is 32.9. The number of nitrogens with zero attached hydrogens (tertiary/aromatic N) is 5. The first-order chi connectivity index (χ1) is 18.9. The van der Waals surface area contributed by atoms with Crippen LogP contribution in [-0.4, -0.2) is 90.2 Å². The lowest BCUT2D eigenvalue weighted by molar-refractivity contribution is 0.0302. The second-order valence-corrected chi connectivity index (χ2v) is 10.8. The first kappa shape index (κ1) is 25.5. The fourth-order valence-electron chi connectivity index (χ4n) is 5.89. The second kappa shape index (κ2) is 10.4. The summed E-state index contributed by atoms with van der Waals surface area (Å²) in [6, 6.07) is 10.5. The van der Waals surface area contributed by atoms with E-state index in [1.54, 1.807) is 0 Å². The zero-order chi connectivity index (χ0) is 27.1. The number of nitrogens with one attached hydrogen (secondary N) is 1. The highest BCUT2D eigenvalue weighted by atomic mass is 16.5. The van der Waals surface area contributed by atoms with Crippen LogP contribution < -0.4 is 4.90 Å². The van der Waals surface area contributed by atoms with Gasteiger partial charge in [-0.25, -0.2) is 9.97 Å². The largest absolute Gasteiger partial charge is 0.378 e. The Labute approximate surface area is 229 Å². The number of H-pyrrole nitrogens is 1. The average molecular weight is 525 g/mol. The number of benzene rings is 2. The van der Waals surface area contributed by atoms with Crippen molar-refractivity contribution in [3.63, 3.8) is 0 Å². The Hall–Kier alpha value is -3.75. The van der Waals surface area contributed by atoms with Crippen LogP contribution in [-0.2, 0) is 4.74 Å².